The summed E-state index contributed by atoms with van der Waals surface area (Å²) in [4.78, 5) is 13.8. The predicted molar refractivity (Wildman–Crippen MR) is 99.5 cm³/mol. The molecule has 1 aromatic rings. The molecule has 0 radical (unpaired) electrons. The number of aryl methyl sites for hydroxylation is 1. The molecule has 0 aromatic heterocycles. The second-order valence-corrected chi connectivity index (χ2v) is 9.21. The standard InChI is InChI=1S/C17H27N3O4S/c1-12-10-13(6-7-15(12)19-25(5,22)23)18-14-8-9-20(11-14)16(21)24-17(2,3)4/h6-7,10,14,18-19H,8-9,11H2,1-5H3. The second-order valence-electron chi connectivity index (χ2n) is 7.46. The number of carbonyl (C=O) groups is 1. The highest BCUT2D eigenvalue weighted by Crippen LogP contribution is 2.23. The smallest absolute Gasteiger partial charge is 0.410 e. The zero-order valence-corrected chi connectivity index (χ0v) is 16.2. The number of hydrogen-bond acceptors (Lipinski definition) is 5. The molecule has 0 saturated carbocycles. The molecule has 1 aromatic carbocycles. The highest BCUT2D eigenvalue weighted by atomic mass is 32.2. The van der Waals surface area contributed by atoms with E-state index in [0.29, 0.717) is 18.8 Å². The topological polar surface area (TPSA) is 87.7 Å². The Balaban J connectivity index is 1.95. The number of ether oxygens (including phenoxy) is 1. The van der Waals surface area contributed by atoms with Gasteiger partial charge in [-0.15, -0.1) is 0 Å². The number of amides is 1. The Hall–Kier alpha value is -1.96. The van der Waals surface area contributed by atoms with Crippen molar-refractivity contribution in [3.05, 3.63) is 23.8 Å². The third-order valence-electron chi connectivity index (χ3n) is 3.73. The molecule has 1 fully saturated rings. The molecule has 1 saturated heterocycles. The van der Waals surface area contributed by atoms with Crippen molar-refractivity contribution in [2.45, 2.75) is 45.8 Å². The van der Waals surface area contributed by atoms with Gasteiger partial charge in [0.2, 0.25) is 10.0 Å². The Morgan fingerprint density at radius 2 is 2.00 bits per heavy atom. The molecule has 1 aliphatic rings. The van der Waals surface area contributed by atoms with Crippen LogP contribution in [0.25, 0.3) is 0 Å². The minimum atomic E-state index is -3.30. The molecule has 0 aliphatic carbocycles. The van der Waals surface area contributed by atoms with E-state index in [1.807, 2.05) is 39.8 Å². The SMILES string of the molecule is Cc1cc(NC2CCN(C(=O)OC(C)(C)C)C2)ccc1NS(C)(=O)=O. The van der Waals surface area contributed by atoms with E-state index in [2.05, 4.69) is 10.0 Å². The van der Waals surface area contributed by atoms with Crippen molar-refractivity contribution in [1.29, 1.82) is 0 Å². The zero-order chi connectivity index (χ0) is 18.8. The molecule has 1 unspecified atom stereocenters. The average molecular weight is 369 g/mol. The Kier molecular flexibility index (Phi) is 5.51. The summed E-state index contributed by atoms with van der Waals surface area (Å²) in [7, 11) is -3.30. The Bertz CT molecular complexity index is 741. The zero-order valence-electron chi connectivity index (χ0n) is 15.4. The number of anilines is 2. The molecule has 1 aliphatic heterocycles. The summed E-state index contributed by atoms with van der Waals surface area (Å²) < 4.78 is 30.6. The maximum atomic E-state index is 12.1. The maximum absolute atomic E-state index is 12.1. The van der Waals surface area contributed by atoms with Crippen molar-refractivity contribution < 1.29 is 17.9 Å². The van der Waals surface area contributed by atoms with Gasteiger partial charge in [-0.05, 0) is 57.9 Å². The van der Waals surface area contributed by atoms with Gasteiger partial charge < -0.3 is 15.0 Å². The summed E-state index contributed by atoms with van der Waals surface area (Å²) >= 11 is 0. The molecule has 8 heteroatoms. The quantitative estimate of drug-likeness (QED) is 0.852. The Labute approximate surface area is 149 Å². The number of rotatable bonds is 4. The minimum absolute atomic E-state index is 0.139. The van der Waals surface area contributed by atoms with Crippen LogP contribution in [0.2, 0.25) is 0 Å². The van der Waals surface area contributed by atoms with E-state index in [1.165, 1.54) is 0 Å². The molecule has 7 nitrogen and oxygen atoms in total. The fourth-order valence-electron chi connectivity index (χ4n) is 2.67. The van der Waals surface area contributed by atoms with Crippen LogP contribution in [-0.4, -0.2) is 50.4 Å². The van der Waals surface area contributed by atoms with Gasteiger partial charge in [-0.1, -0.05) is 0 Å². The summed E-state index contributed by atoms with van der Waals surface area (Å²) in [5.74, 6) is 0. The van der Waals surface area contributed by atoms with Crippen molar-refractivity contribution in [2.24, 2.45) is 0 Å². The first kappa shape index (κ1) is 19.4. The van der Waals surface area contributed by atoms with E-state index >= 15 is 0 Å². The van der Waals surface area contributed by atoms with E-state index in [4.69, 9.17) is 4.74 Å². The summed E-state index contributed by atoms with van der Waals surface area (Å²) in [6.07, 6.45) is 1.67. The number of nitrogens with zero attached hydrogens (tertiary/aromatic N) is 1. The molecule has 140 valence electrons. The molecule has 2 N–H and O–H groups in total. The summed E-state index contributed by atoms with van der Waals surface area (Å²) in [6.45, 7) is 8.64. The van der Waals surface area contributed by atoms with Gasteiger partial charge in [0, 0.05) is 24.8 Å². The average Bonchev–Trinajstić information content (AvgIpc) is 2.87. The molecular formula is C17H27N3O4S. The van der Waals surface area contributed by atoms with Crippen LogP contribution in [0.15, 0.2) is 18.2 Å². The van der Waals surface area contributed by atoms with Gasteiger partial charge in [-0.25, -0.2) is 13.2 Å². The second kappa shape index (κ2) is 7.11. The molecule has 2 rings (SSSR count). The van der Waals surface area contributed by atoms with Crippen LogP contribution >= 0.6 is 0 Å². The van der Waals surface area contributed by atoms with Gasteiger partial charge >= 0.3 is 6.09 Å². The summed E-state index contributed by atoms with van der Waals surface area (Å²) in [5, 5.41) is 3.39. The van der Waals surface area contributed by atoms with Crippen LogP contribution < -0.4 is 10.0 Å². The third-order valence-corrected chi connectivity index (χ3v) is 4.32. The maximum Gasteiger partial charge on any atom is 0.410 e. The van der Waals surface area contributed by atoms with Crippen LogP contribution in [-0.2, 0) is 14.8 Å². The lowest BCUT2D eigenvalue weighted by Crippen LogP contribution is -2.36. The lowest BCUT2D eigenvalue weighted by molar-refractivity contribution is 0.0293. The molecule has 25 heavy (non-hydrogen) atoms. The van der Waals surface area contributed by atoms with Crippen molar-refractivity contribution in [3.8, 4) is 0 Å². The van der Waals surface area contributed by atoms with E-state index in [9.17, 15) is 13.2 Å². The van der Waals surface area contributed by atoms with E-state index < -0.39 is 15.6 Å². The number of likely N-dealkylation sites (tertiary alicyclic amines) is 1. The Morgan fingerprint density at radius 1 is 1.32 bits per heavy atom. The lowest BCUT2D eigenvalue weighted by atomic mass is 10.1. The Morgan fingerprint density at radius 3 is 2.56 bits per heavy atom. The van der Waals surface area contributed by atoms with Gasteiger partial charge in [-0.3, -0.25) is 4.72 Å². The number of benzene rings is 1. The summed E-state index contributed by atoms with van der Waals surface area (Å²) in [5.41, 5.74) is 1.79. The minimum Gasteiger partial charge on any atom is -0.444 e. The number of nitrogens with one attached hydrogen (secondary N) is 2. The predicted octanol–water partition coefficient (Wildman–Crippen LogP) is 2.79. The van der Waals surface area contributed by atoms with Gasteiger partial charge in [-0.2, -0.15) is 0 Å². The molecule has 1 atom stereocenters. The van der Waals surface area contributed by atoms with Crippen LogP contribution in [0.4, 0.5) is 16.2 Å². The first-order chi connectivity index (χ1) is 11.4. The third kappa shape index (κ3) is 6.12. The van der Waals surface area contributed by atoms with Crippen LogP contribution in [0, 0.1) is 6.92 Å². The van der Waals surface area contributed by atoms with Crippen LogP contribution in [0.3, 0.4) is 0 Å². The first-order valence-electron chi connectivity index (χ1n) is 8.26. The van der Waals surface area contributed by atoms with E-state index in [-0.39, 0.29) is 12.1 Å². The number of carbonyl (C=O) groups excluding carboxylic acids is 1. The fourth-order valence-corrected chi connectivity index (χ4v) is 3.30. The highest BCUT2D eigenvalue weighted by Gasteiger charge is 2.29. The van der Waals surface area contributed by atoms with Crippen molar-refractivity contribution in [2.75, 3.05) is 29.4 Å². The molecular weight excluding hydrogens is 342 g/mol. The number of hydrogen-bond donors (Lipinski definition) is 2. The fraction of sp³-hybridized carbons (Fsp3) is 0.588. The van der Waals surface area contributed by atoms with Gasteiger partial charge in [0.1, 0.15) is 5.60 Å². The molecule has 1 heterocycles. The molecule has 1 amide bonds. The molecule has 0 bridgehead atoms. The van der Waals surface area contributed by atoms with Crippen LogP contribution in [0.1, 0.15) is 32.8 Å². The normalized spacial score (nSPS) is 18.1. The number of sulfonamides is 1. The highest BCUT2D eigenvalue weighted by molar-refractivity contribution is 7.92. The van der Waals surface area contributed by atoms with Crippen molar-refractivity contribution >= 4 is 27.5 Å². The van der Waals surface area contributed by atoms with E-state index in [1.54, 1.807) is 11.0 Å². The lowest BCUT2D eigenvalue weighted by Gasteiger charge is -2.24. The van der Waals surface area contributed by atoms with Crippen molar-refractivity contribution in [3.63, 3.8) is 0 Å². The molecule has 0 spiro atoms. The largest absolute Gasteiger partial charge is 0.444 e. The van der Waals surface area contributed by atoms with E-state index in [0.717, 1.165) is 23.9 Å². The van der Waals surface area contributed by atoms with Crippen molar-refractivity contribution in [1.82, 2.24) is 4.90 Å². The van der Waals surface area contributed by atoms with Gasteiger partial charge in [0.25, 0.3) is 0 Å². The monoisotopic (exact) mass is 369 g/mol. The van der Waals surface area contributed by atoms with Gasteiger partial charge in [0.15, 0.2) is 0 Å². The first-order valence-corrected chi connectivity index (χ1v) is 10.1. The van der Waals surface area contributed by atoms with Crippen LogP contribution in [0.5, 0.6) is 0 Å². The summed E-state index contributed by atoms with van der Waals surface area (Å²) in [6, 6.07) is 5.60. The van der Waals surface area contributed by atoms with Gasteiger partial charge in [0.05, 0.1) is 11.9 Å².